The van der Waals surface area contributed by atoms with Crippen LogP contribution in [0.25, 0.3) is 5.69 Å². The highest BCUT2D eigenvalue weighted by molar-refractivity contribution is 5.78. The molecule has 1 fully saturated rings. The highest BCUT2D eigenvalue weighted by Crippen LogP contribution is 2.12. The SMILES string of the molecule is Cc1c(CNC(C)CN2CCCC2=O)c(=O)n(-c2ccccc2)n1C. The van der Waals surface area contributed by atoms with E-state index in [1.54, 1.807) is 4.68 Å². The lowest BCUT2D eigenvalue weighted by molar-refractivity contribution is -0.127. The standard InChI is InChI=1S/C19H26N4O2/c1-14(13-22-11-7-10-18(22)24)20-12-17-15(2)21(3)23(19(17)25)16-8-5-4-6-9-16/h4-6,8-9,14,20H,7,10-13H2,1-3H3. The van der Waals surface area contributed by atoms with Crippen LogP contribution in [-0.2, 0) is 18.4 Å². The van der Waals surface area contributed by atoms with Gasteiger partial charge >= 0.3 is 0 Å². The first kappa shape index (κ1) is 17.5. The topological polar surface area (TPSA) is 59.3 Å². The van der Waals surface area contributed by atoms with Crippen LogP contribution in [0.5, 0.6) is 0 Å². The Morgan fingerprint density at radius 3 is 2.56 bits per heavy atom. The molecule has 0 bridgehead atoms. The van der Waals surface area contributed by atoms with Crippen molar-refractivity contribution in [2.75, 3.05) is 13.1 Å². The minimum atomic E-state index is 0.00292. The van der Waals surface area contributed by atoms with Crippen LogP contribution in [0.1, 0.15) is 31.0 Å². The lowest BCUT2D eigenvalue weighted by atomic mass is 10.2. The van der Waals surface area contributed by atoms with Crippen LogP contribution in [0.4, 0.5) is 0 Å². The predicted molar refractivity (Wildman–Crippen MR) is 97.9 cm³/mol. The van der Waals surface area contributed by atoms with Gasteiger partial charge in [-0.15, -0.1) is 0 Å². The van der Waals surface area contributed by atoms with Crippen LogP contribution in [0.2, 0.25) is 0 Å². The van der Waals surface area contributed by atoms with Crippen molar-refractivity contribution in [2.24, 2.45) is 7.05 Å². The van der Waals surface area contributed by atoms with E-state index in [2.05, 4.69) is 12.2 Å². The Kier molecular flexibility index (Phi) is 5.08. The quantitative estimate of drug-likeness (QED) is 0.867. The van der Waals surface area contributed by atoms with Gasteiger partial charge in [-0.3, -0.25) is 14.3 Å². The second kappa shape index (κ2) is 7.27. The number of nitrogens with one attached hydrogen (secondary N) is 1. The summed E-state index contributed by atoms with van der Waals surface area (Å²) in [5.41, 5.74) is 2.58. The van der Waals surface area contributed by atoms with Crippen LogP contribution in [0.15, 0.2) is 35.1 Å². The molecule has 134 valence electrons. The van der Waals surface area contributed by atoms with E-state index in [4.69, 9.17) is 0 Å². The summed E-state index contributed by atoms with van der Waals surface area (Å²) in [5.74, 6) is 0.232. The number of para-hydroxylation sites is 1. The maximum Gasteiger partial charge on any atom is 0.276 e. The molecule has 1 unspecified atom stereocenters. The summed E-state index contributed by atoms with van der Waals surface area (Å²) in [4.78, 5) is 26.5. The monoisotopic (exact) mass is 342 g/mol. The molecule has 2 heterocycles. The molecule has 0 saturated carbocycles. The molecule has 25 heavy (non-hydrogen) atoms. The van der Waals surface area contributed by atoms with Gasteiger partial charge in [0.25, 0.3) is 5.56 Å². The first-order chi connectivity index (χ1) is 12.0. The van der Waals surface area contributed by atoms with Gasteiger partial charge in [-0.2, -0.15) is 0 Å². The predicted octanol–water partition coefficient (Wildman–Crippen LogP) is 1.58. The number of likely N-dealkylation sites (tertiary alicyclic amines) is 1. The second-order valence-electron chi connectivity index (χ2n) is 6.77. The molecule has 1 saturated heterocycles. The zero-order chi connectivity index (χ0) is 18.0. The minimum absolute atomic E-state index is 0.00292. The normalized spacial score (nSPS) is 15.8. The number of benzene rings is 1. The number of rotatable bonds is 6. The Hall–Kier alpha value is -2.34. The highest BCUT2D eigenvalue weighted by Gasteiger charge is 2.22. The highest BCUT2D eigenvalue weighted by atomic mass is 16.2. The van der Waals surface area contributed by atoms with Crippen molar-refractivity contribution < 1.29 is 4.79 Å². The summed E-state index contributed by atoms with van der Waals surface area (Å²) in [7, 11) is 1.90. The van der Waals surface area contributed by atoms with Gasteiger partial charge in [0.15, 0.2) is 0 Å². The molecule has 6 nitrogen and oxygen atoms in total. The molecule has 0 radical (unpaired) electrons. The molecule has 0 aliphatic carbocycles. The molecule has 1 aromatic carbocycles. The fourth-order valence-corrected chi connectivity index (χ4v) is 3.40. The third-order valence-corrected chi connectivity index (χ3v) is 4.97. The number of hydrogen-bond donors (Lipinski definition) is 1. The van der Waals surface area contributed by atoms with E-state index in [-0.39, 0.29) is 17.5 Å². The fourth-order valence-electron chi connectivity index (χ4n) is 3.40. The van der Waals surface area contributed by atoms with Crippen molar-refractivity contribution in [3.8, 4) is 5.69 Å². The molecule has 0 spiro atoms. The lowest BCUT2D eigenvalue weighted by Gasteiger charge is -2.21. The van der Waals surface area contributed by atoms with Crippen LogP contribution < -0.4 is 10.9 Å². The fraction of sp³-hybridized carbons (Fsp3) is 0.474. The molecular weight excluding hydrogens is 316 g/mol. The van der Waals surface area contributed by atoms with E-state index in [0.717, 1.165) is 29.9 Å². The van der Waals surface area contributed by atoms with Crippen molar-refractivity contribution in [2.45, 2.75) is 39.3 Å². The third-order valence-electron chi connectivity index (χ3n) is 4.97. The van der Waals surface area contributed by atoms with Gasteiger partial charge in [0.2, 0.25) is 5.91 Å². The summed E-state index contributed by atoms with van der Waals surface area (Å²) in [6.45, 7) is 6.06. The van der Waals surface area contributed by atoms with Crippen LogP contribution in [0, 0.1) is 6.92 Å². The number of carbonyl (C=O) groups excluding carboxylic acids is 1. The number of aromatic nitrogens is 2. The maximum atomic E-state index is 12.9. The molecule has 1 atom stereocenters. The van der Waals surface area contributed by atoms with Crippen molar-refractivity contribution in [3.63, 3.8) is 0 Å². The van der Waals surface area contributed by atoms with Crippen molar-refractivity contribution in [1.29, 1.82) is 0 Å². The number of carbonyl (C=O) groups is 1. The van der Waals surface area contributed by atoms with Gasteiger partial charge in [-0.25, -0.2) is 4.68 Å². The zero-order valence-electron chi connectivity index (χ0n) is 15.2. The first-order valence-electron chi connectivity index (χ1n) is 8.83. The summed E-state index contributed by atoms with van der Waals surface area (Å²) in [6.07, 6.45) is 1.61. The van der Waals surface area contributed by atoms with Gasteiger partial charge in [-0.1, -0.05) is 18.2 Å². The van der Waals surface area contributed by atoms with Gasteiger partial charge < -0.3 is 10.2 Å². The maximum absolute atomic E-state index is 12.9. The van der Waals surface area contributed by atoms with E-state index in [1.165, 1.54) is 0 Å². The number of amides is 1. The minimum Gasteiger partial charge on any atom is -0.341 e. The van der Waals surface area contributed by atoms with E-state index < -0.39 is 0 Å². The average molecular weight is 342 g/mol. The summed E-state index contributed by atoms with van der Waals surface area (Å²) in [6, 6.07) is 9.80. The molecule has 1 aliphatic rings. The Morgan fingerprint density at radius 2 is 1.92 bits per heavy atom. The first-order valence-corrected chi connectivity index (χ1v) is 8.83. The Balaban J connectivity index is 1.73. The van der Waals surface area contributed by atoms with Gasteiger partial charge in [0, 0.05) is 44.8 Å². The summed E-state index contributed by atoms with van der Waals surface area (Å²) in [5, 5.41) is 3.40. The van der Waals surface area contributed by atoms with Crippen LogP contribution in [0.3, 0.4) is 0 Å². The number of nitrogens with zero attached hydrogens (tertiary/aromatic N) is 3. The summed E-state index contributed by atoms with van der Waals surface area (Å²) >= 11 is 0. The van der Waals surface area contributed by atoms with Gasteiger partial charge in [0.05, 0.1) is 11.3 Å². The Morgan fingerprint density at radius 1 is 1.20 bits per heavy atom. The number of hydrogen-bond acceptors (Lipinski definition) is 3. The lowest BCUT2D eigenvalue weighted by Crippen LogP contribution is -2.40. The van der Waals surface area contributed by atoms with Crippen molar-refractivity contribution in [1.82, 2.24) is 19.6 Å². The van der Waals surface area contributed by atoms with E-state index in [0.29, 0.717) is 19.5 Å². The van der Waals surface area contributed by atoms with Crippen molar-refractivity contribution >= 4 is 5.91 Å². The largest absolute Gasteiger partial charge is 0.341 e. The Bertz CT molecular complexity index is 807. The van der Waals surface area contributed by atoms with E-state index >= 15 is 0 Å². The smallest absolute Gasteiger partial charge is 0.276 e. The third kappa shape index (κ3) is 3.54. The molecule has 1 aliphatic heterocycles. The van der Waals surface area contributed by atoms with Crippen LogP contribution >= 0.6 is 0 Å². The van der Waals surface area contributed by atoms with E-state index in [1.807, 2.05) is 53.9 Å². The summed E-state index contributed by atoms with van der Waals surface area (Å²) < 4.78 is 3.59. The van der Waals surface area contributed by atoms with Crippen LogP contribution in [-0.4, -0.2) is 39.3 Å². The Labute approximate surface area is 148 Å². The molecule has 2 aromatic rings. The van der Waals surface area contributed by atoms with Crippen molar-refractivity contribution in [3.05, 3.63) is 51.9 Å². The molecule has 1 amide bonds. The molecule has 1 aromatic heterocycles. The zero-order valence-corrected chi connectivity index (χ0v) is 15.2. The average Bonchev–Trinajstić information content (AvgIpc) is 3.09. The second-order valence-corrected chi connectivity index (χ2v) is 6.77. The van der Waals surface area contributed by atoms with E-state index in [9.17, 15) is 9.59 Å². The van der Waals surface area contributed by atoms with Gasteiger partial charge in [0.1, 0.15) is 0 Å². The molecule has 3 rings (SSSR count). The molecule has 6 heteroatoms. The van der Waals surface area contributed by atoms with Gasteiger partial charge in [-0.05, 0) is 32.4 Å². The molecule has 1 N–H and O–H groups in total. The molecular formula is C19H26N4O2.